The fourth-order valence-corrected chi connectivity index (χ4v) is 2.90. The Hall–Kier alpha value is -0.350. The summed E-state index contributed by atoms with van der Waals surface area (Å²) in [4.78, 5) is 12.0. The van der Waals surface area contributed by atoms with Crippen molar-refractivity contribution < 1.29 is 9.90 Å². The zero-order valence-electron chi connectivity index (χ0n) is 8.00. The average molecular weight is 277 g/mol. The summed E-state index contributed by atoms with van der Waals surface area (Å²) in [6.07, 6.45) is 2.33. The van der Waals surface area contributed by atoms with Gasteiger partial charge in [-0.3, -0.25) is 4.79 Å². The predicted octanol–water partition coefficient (Wildman–Crippen LogP) is 3.55. The molecule has 0 aliphatic rings. The maximum Gasteiger partial charge on any atom is 0.306 e. The van der Waals surface area contributed by atoms with E-state index in [9.17, 15) is 4.79 Å². The van der Waals surface area contributed by atoms with Crippen molar-refractivity contribution in [2.75, 3.05) is 0 Å². The highest BCUT2D eigenvalue weighted by Gasteiger charge is 2.17. The Morgan fingerprint density at radius 1 is 1.71 bits per heavy atom. The van der Waals surface area contributed by atoms with Gasteiger partial charge in [-0.05, 0) is 34.8 Å². The van der Waals surface area contributed by atoms with E-state index in [0.717, 1.165) is 22.2 Å². The highest BCUT2D eigenvalue weighted by Crippen LogP contribution is 2.24. The molecule has 0 fully saturated rings. The highest BCUT2D eigenvalue weighted by molar-refractivity contribution is 9.10. The fourth-order valence-electron chi connectivity index (χ4n) is 1.37. The minimum absolute atomic E-state index is 0.231. The van der Waals surface area contributed by atoms with Gasteiger partial charge < -0.3 is 5.11 Å². The monoisotopic (exact) mass is 276 g/mol. The quantitative estimate of drug-likeness (QED) is 0.893. The van der Waals surface area contributed by atoms with Crippen LogP contribution in [0.2, 0.25) is 0 Å². The summed E-state index contributed by atoms with van der Waals surface area (Å²) in [6, 6.07) is 2.00. The third kappa shape index (κ3) is 3.42. The second-order valence-corrected chi connectivity index (χ2v) is 5.17. The van der Waals surface area contributed by atoms with Crippen LogP contribution in [0.4, 0.5) is 0 Å². The lowest BCUT2D eigenvalue weighted by Gasteiger charge is -2.08. The van der Waals surface area contributed by atoms with Gasteiger partial charge in [0.2, 0.25) is 0 Å². The van der Waals surface area contributed by atoms with Crippen LogP contribution >= 0.6 is 27.3 Å². The van der Waals surface area contributed by atoms with Crippen molar-refractivity contribution in [3.05, 3.63) is 20.8 Å². The molecule has 78 valence electrons. The van der Waals surface area contributed by atoms with E-state index in [1.165, 1.54) is 0 Å². The summed E-state index contributed by atoms with van der Waals surface area (Å²) in [6.45, 7) is 2.01. The molecule has 0 aliphatic heterocycles. The smallest absolute Gasteiger partial charge is 0.306 e. The van der Waals surface area contributed by atoms with E-state index in [2.05, 4.69) is 15.9 Å². The van der Waals surface area contributed by atoms with Gasteiger partial charge in [0.1, 0.15) is 0 Å². The first-order valence-electron chi connectivity index (χ1n) is 4.59. The summed E-state index contributed by atoms with van der Waals surface area (Å²) >= 11 is 4.97. The largest absolute Gasteiger partial charge is 0.481 e. The van der Waals surface area contributed by atoms with Crippen molar-refractivity contribution >= 4 is 33.2 Å². The molecule has 0 saturated heterocycles. The van der Waals surface area contributed by atoms with E-state index in [-0.39, 0.29) is 5.92 Å². The van der Waals surface area contributed by atoms with Gasteiger partial charge >= 0.3 is 5.97 Å². The Labute approximate surface area is 96.1 Å². The van der Waals surface area contributed by atoms with Gasteiger partial charge in [0.05, 0.1) is 5.92 Å². The van der Waals surface area contributed by atoms with Gasteiger partial charge in [-0.1, -0.05) is 13.3 Å². The van der Waals surface area contributed by atoms with Crippen molar-refractivity contribution in [2.45, 2.75) is 26.2 Å². The lowest BCUT2D eigenvalue weighted by molar-refractivity contribution is -0.141. The van der Waals surface area contributed by atoms with Crippen LogP contribution in [0.15, 0.2) is 15.9 Å². The van der Waals surface area contributed by atoms with Crippen molar-refractivity contribution in [3.8, 4) is 0 Å². The number of hydrogen-bond acceptors (Lipinski definition) is 2. The summed E-state index contributed by atoms with van der Waals surface area (Å²) < 4.78 is 1.04. The summed E-state index contributed by atoms with van der Waals surface area (Å²) in [5.74, 6) is -0.915. The zero-order chi connectivity index (χ0) is 10.6. The van der Waals surface area contributed by atoms with Crippen LogP contribution in [0.25, 0.3) is 0 Å². The molecule has 0 amide bonds. The molecule has 0 bridgehead atoms. The van der Waals surface area contributed by atoms with E-state index in [1.807, 2.05) is 18.4 Å². The molecule has 0 aromatic carbocycles. The number of rotatable bonds is 5. The van der Waals surface area contributed by atoms with Crippen LogP contribution < -0.4 is 0 Å². The maximum absolute atomic E-state index is 10.9. The fraction of sp³-hybridized carbons (Fsp3) is 0.500. The van der Waals surface area contributed by atoms with Crippen LogP contribution in [-0.2, 0) is 11.2 Å². The molecule has 1 heterocycles. The molecule has 2 nitrogen and oxygen atoms in total. The Balaban J connectivity index is 2.59. The number of halogens is 1. The van der Waals surface area contributed by atoms with Crippen LogP contribution in [0.3, 0.4) is 0 Å². The molecule has 0 spiro atoms. The molecular formula is C10H13BrO2S. The molecule has 0 radical (unpaired) electrons. The molecule has 1 aromatic rings. The number of carboxylic acids is 1. The van der Waals surface area contributed by atoms with Gasteiger partial charge in [-0.25, -0.2) is 0 Å². The Morgan fingerprint density at radius 3 is 2.86 bits per heavy atom. The van der Waals surface area contributed by atoms with Crippen molar-refractivity contribution in [1.29, 1.82) is 0 Å². The average Bonchev–Trinajstić information content (AvgIpc) is 2.50. The number of aliphatic carboxylic acids is 1. The van der Waals surface area contributed by atoms with E-state index in [4.69, 9.17) is 5.11 Å². The number of carbonyl (C=O) groups is 1. The van der Waals surface area contributed by atoms with Gasteiger partial charge in [0.25, 0.3) is 0 Å². The Kier molecular flexibility index (Phi) is 4.62. The first-order valence-corrected chi connectivity index (χ1v) is 6.26. The van der Waals surface area contributed by atoms with Crippen LogP contribution in [0.1, 0.15) is 24.6 Å². The zero-order valence-corrected chi connectivity index (χ0v) is 10.4. The second kappa shape index (κ2) is 5.51. The van der Waals surface area contributed by atoms with Crippen molar-refractivity contribution in [3.63, 3.8) is 0 Å². The maximum atomic E-state index is 10.9. The predicted molar refractivity (Wildman–Crippen MR) is 61.8 cm³/mol. The second-order valence-electron chi connectivity index (χ2n) is 3.26. The lowest BCUT2D eigenvalue weighted by atomic mass is 9.99. The molecule has 0 aliphatic carbocycles. The van der Waals surface area contributed by atoms with E-state index in [1.54, 1.807) is 11.3 Å². The standard InChI is InChI=1S/C10H13BrO2S/c1-2-3-7(10(12)13)4-9-5-8(11)6-14-9/h5-7H,2-4H2,1H3,(H,12,13). The number of thiophene rings is 1. The van der Waals surface area contributed by atoms with E-state index in [0.29, 0.717) is 6.42 Å². The summed E-state index contributed by atoms with van der Waals surface area (Å²) in [5.41, 5.74) is 0. The molecule has 1 N–H and O–H groups in total. The molecule has 1 rings (SSSR count). The normalized spacial score (nSPS) is 12.7. The molecule has 1 atom stereocenters. The summed E-state index contributed by atoms with van der Waals surface area (Å²) in [5, 5.41) is 11.0. The molecule has 4 heteroatoms. The third-order valence-electron chi connectivity index (χ3n) is 2.06. The molecule has 1 aromatic heterocycles. The molecule has 0 saturated carbocycles. The summed E-state index contributed by atoms with van der Waals surface area (Å²) in [7, 11) is 0. The van der Waals surface area contributed by atoms with Gasteiger partial charge in [0, 0.05) is 14.7 Å². The minimum atomic E-state index is -0.684. The molecule has 14 heavy (non-hydrogen) atoms. The van der Waals surface area contributed by atoms with E-state index >= 15 is 0 Å². The Morgan fingerprint density at radius 2 is 2.43 bits per heavy atom. The van der Waals surface area contributed by atoms with Crippen LogP contribution in [0.5, 0.6) is 0 Å². The van der Waals surface area contributed by atoms with Gasteiger partial charge in [-0.15, -0.1) is 11.3 Å². The SMILES string of the molecule is CCCC(Cc1cc(Br)cs1)C(=O)O. The number of hydrogen-bond donors (Lipinski definition) is 1. The first kappa shape index (κ1) is 11.7. The van der Waals surface area contributed by atoms with Gasteiger partial charge in [0.15, 0.2) is 0 Å². The van der Waals surface area contributed by atoms with Crippen LogP contribution in [0, 0.1) is 5.92 Å². The van der Waals surface area contributed by atoms with Gasteiger partial charge in [-0.2, -0.15) is 0 Å². The highest BCUT2D eigenvalue weighted by atomic mass is 79.9. The van der Waals surface area contributed by atoms with E-state index < -0.39 is 5.97 Å². The van der Waals surface area contributed by atoms with Crippen molar-refractivity contribution in [1.82, 2.24) is 0 Å². The van der Waals surface area contributed by atoms with Crippen LogP contribution in [-0.4, -0.2) is 11.1 Å². The first-order chi connectivity index (χ1) is 6.63. The number of carboxylic acid groups (broad SMARTS) is 1. The lowest BCUT2D eigenvalue weighted by Crippen LogP contribution is -2.15. The molecular weight excluding hydrogens is 264 g/mol. The topological polar surface area (TPSA) is 37.3 Å². The minimum Gasteiger partial charge on any atom is -0.481 e. The molecule has 1 unspecified atom stereocenters. The van der Waals surface area contributed by atoms with Crippen molar-refractivity contribution in [2.24, 2.45) is 5.92 Å². The third-order valence-corrected chi connectivity index (χ3v) is 3.78. The Bertz CT molecular complexity index is 309.